The number of nitrogens with one attached hydrogen (secondary N) is 1. The van der Waals surface area contributed by atoms with Gasteiger partial charge in [-0.1, -0.05) is 6.42 Å². The number of carbonyl (C=O) groups excluding carboxylic acids is 3. The third kappa shape index (κ3) is 2.50. The molecular formula is C17H18N4O3. The zero-order valence-corrected chi connectivity index (χ0v) is 13.1. The van der Waals surface area contributed by atoms with Crippen LogP contribution in [0.4, 0.5) is 10.5 Å². The number of aliphatic imine (C=N–C) groups is 1. The minimum Gasteiger partial charge on any atom is -0.277 e. The summed E-state index contributed by atoms with van der Waals surface area (Å²) in [5, 5.41) is 2.31. The molecule has 4 rings (SSSR count). The van der Waals surface area contributed by atoms with E-state index >= 15 is 0 Å². The second-order valence-corrected chi connectivity index (χ2v) is 6.71. The lowest BCUT2D eigenvalue weighted by Crippen LogP contribution is -2.62. The number of rotatable bonds is 3. The Morgan fingerprint density at radius 2 is 1.96 bits per heavy atom. The van der Waals surface area contributed by atoms with Crippen LogP contribution in [0.1, 0.15) is 25.7 Å². The highest BCUT2D eigenvalue weighted by atomic mass is 16.2. The maximum atomic E-state index is 12.8. The summed E-state index contributed by atoms with van der Waals surface area (Å²) in [5.74, 6) is -1.16. The summed E-state index contributed by atoms with van der Waals surface area (Å²) in [4.78, 5) is 46.4. The van der Waals surface area contributed by atoms with Gasteiger partial charge in [-0.25, -0.2) is 4.79 Å². The first-order valence-electron chi connectivity index (χ1n) is 8.25. The fraction of sp³-hybridized carbons (Fsp3) is 0.471. The van der Waals surface area contributed by atoms with Crippen LogP contribution in [-0.2, 0) is 9.59 Å². The molecule has 1 N–H and O–H groups in total. The molecule has 3 aliphatic rings. The van der Waals surface area contributed by atoms with Gasteiger partial charge in [0.15, 0.2) is 5.92 Å². The zero-order chi connectivity index (χ0) is 16.7. The van der Waals surface area contributed by atoms with Crippen LogP contribution in [0.15, 0.2) is 29.5 Å². The quantitative estimate of drug-likeness (QED) is 0.675. The van der Waals surface area contributed by atoms with Crippen molar-refractivity contribution in [2.45, 2.75) is 31.7 Å². The molecule has 0 aromatic carbocycles. The summed E-state index contributed by atoms with van der Waals surface area (Å²) in [6.45, 7) is 0. The van der Waals surface area contributed by atoms with Crippen molar-refractivity contribution in [3.63, 3.8) is 0 Å². The number of fused-ring (bicyclic) bond motifs is 2. The highest BCUT2D eigenvalue weighted by Crippen LogP contribution is 2.47. The number of imide groups is 2. The fourth-order valence-corrected chi connectivity index (χ4v) is 4.17. The van der Waals surface area contributed by atoms with Crippen molar-refractivity contribution in [2.75, 3.05) is 0 Å². The van der Waals surface area contributed by atoms with Crippen LogP contribution in [-0.4, -0.2) is 40.0 Å². The molecule has 1 aliphatic heterocycles. The topological polar surface area (TPSA) is 91.7 Å². The van der Waals surface area contributed by atoms with Crippen molar-refractivity contribution in [3.05, 3.63) is 24.5 Å². The third-order valence-electron chi connectivity index (χ3n) is 5.30. The number of urea groups is 1. The van der Waals surface area contributed by atoms with Gasteiger partial charge in [-0.05, 0) is 43.2 Å². The Morgan fingerprint density at radius 1 is 1.17 bits per heavy atom. The standard InChI is InChI=1S/C17H18N4O3/c22-15-13(9-19-12-3-5-18-6-4-12)16(23)21(17(24)20-15)14-8-10-1-2-11(14)7-10/h3-6,9-11,13-14H,1-2,7-8H2,(H,20,22,24)/t10-,11-,13-,14-/m0/s1. The summed E-state index contributed by atoms with van der Waals surface area (Å²) in [7, 11) is 0. The number of hydrogen-bond donors (Lipinski definition) is 1. The van der Waals surface area contributed by atoms with Crippen molar-refractivity contribution >= 4 is 29.7 Å². The monoisotopic (exact) mass is 326 g/mol. The van der Waals surface area contributed by atoms with Crippen LogP contribution in [0, 0.1) is 17.8 Å². The van der Waals surface area contributed by atoms with Gasteiger partial charge in [0.1, 0.15) is 0 Å². The molecule has 2 saturated carbocycles. The number of hydrogen-bond acceptors (Lipinski definition) is 5. The molecule has 0 radical (unpaired) electrons. The van der Waals surface area contributed by atoms with Gasteiger partial charge >= 0.3 is 6.03 Å². The van der Waals surface area contributed by atoms with Crippen LogP contribution >= 0.6 is 0 Å². The smallest absolute Gasteiger partial charge is 0.277 e. The molecule has 1 saturated heterocycles. The van der Waals surface area contributed by atoms with Crippen LogP contribution in [0.2, 0.25) is 0 Å². The van der Waals surface area contributed by atoms with Crippen molar-refractivity contribution in [1.29, 1.82) is 0 Å². The number of pyridine rings is 1. The van der Waals surface area contributed by atoms with Crippen molar-refractivity contribution < 1.29 is 14.4 Å². The Bertz CT molecular complexity index is 718. The van der Waals surface area contributed by atoms with E-state index in [1.54, 1.807) is 24.5 Å². The average molecular weight is 326 g/mol. The Labute approximate surface area is 139 Å². The first-order valence-corrected chi connectivity index (χ1v) is 8.25. The summed E-state index contributed by atoms with van der Waals surface area (Å²) in [6, 6.07) is 2.69. The first kappa shape index (κ1) is 15.0. The summed E-state index contributed by atoms with van der Waals surface area (Å²) in [5.41, 5.74) is 0.606. The lowest BCUT2D eigenvalue weighted by atomic mass is 9.92. The second-order valence-electron chi connectivity index (χ2n) is 6.71. The molecule has 0 spiro atoms. The average Bonchev–Trinajstić information content (AvgIpc) is 3.18. The highest BCUT2D eigenvalue weighted by molar-refractivity contribution is 6.23. The zero-order valence-electron chi connectivity index (χ0n) is 13.1. The van der Waals surface area contributed by atoms with E-state index < -0.39 is 23.8 Å². The molecule has 1 aromatic rings. The Morgan fingerprint density at radius 3 is 2.62 bits per heavy atom. The van der Waals surface area contributed by atoms with Gasteiger partial charge in [0, 0.05) is 24.7 Å². The van der Waals surface area contributed by atoms with E-state index in [-0.39, 0.29) is 6.04 Å². The summed E-state index contributed by atoms with van der Waals surface area (Å²) in [6.07, 6.45) is 8.64. The SMILES string of the molecule is O=C1NC(=O)N([C@H]2C[C@H]3CC[C@H]2C3)C(=O)[C@H]1C=Nc1ccncc1. The number of amides is 4. The molecule has 3 fully saturated rings. The predicted molar refractivity (Wildman–Crippen MR) is 85.5 cm³/mol. The number of nitrogens with zero attached hydrogens (tertiary/aromatic N) is 3. The van der Waals surface area contributed by atoms with Gasteiger partial charge in [-0.2, -0.15) is 0 Å². The normalized spacial score (nSPS) is 32.7. The van der Waals surface area contributed by atoms with Gasteiger partial charge in [0.2, 0.25) is 11.8 Å². The molecular weight excluding hydrogens is 308 g/mol. The molecule has 4 amide bonds. The Kier molecular flexibility index (Phi) is 3.63. The van der Waals surface area contributed by atoms with E-state index in [0.29, 0.717) is 17.5 Å². The van der Waals surface area contributed by atoms with E-state index in [0.717, 1.165) is 19.3 Å². The number of barbiturate groups is 1. The largest absolute Gasteiger partial charge is 0.331 e. The highest BCUT2D eigenvalue weighted by Gasteiger charge is 2.50. The Balaban J connectivity index is 1.56. The molecule has 124 valence electrons. The lowest BCUT2D eigenvalue weighted by molar-refractivity contribution is -0.141. The van der Waals surface area contributed by atoms with E-state index in [9.17, 15) is 14.4 Å². The lowest BCUT2D eigenvalue weighted by Gasteiger charge is -2.36. The van der Waals surface area contributed by atoms with Crippen LogP contribution in [0.25, 0.3) is 0 Å². The first-order chi connectivity index (χ1) is 11.6. The number of aromatic nitrogens is 1. The fourth-order valence-electron chi connectivity index (χ4n) is 4.17. The second kappa shape index (κ2) is 5.81. The molecule has 2 bridgehead atoms. The molecule has 1 aromatic heterocycles. The minimum atomic E-state index is -1.06. The van der Waals surface area contributed by atoms with Gasteiger partial charge in [0.05, 0.1) is 5.69 Å². The molecule has 24 heavy (non-hydrogen) atoms. The third-order valence-corrected chi connectivity index (χ3v) is 5.30. The molecule has 0 unspecified atom stereocenters. The van der Waals surface area contributed by atoms with E-state index in [2.05, 4.69) is 15.3 Å². The summed E-state index contributed by atoms with van der Waals surface area (Å²) < 4.78 is 0. The van der Waals surface area contributed by atoms with Crippen molar-refractivity contribution in [2.24, 2.45) is 22.7 Å². The molecule has 7 nitrogen and oxygen atoms in total. The van der Waals surface area contributed by atoms with Crippen molar-refractivity contribution in [1.82, 2.24) is 15.2 Å². The van der Waals surface area contributed by atoms with Gasteiger partial charge in [-0.3, -0.25) is 29.8 Å². The molecule has 2 aliphatic carbocycles. The summed E-state index contributed by atoms with van der Waals surface area (Å²) >= 11 is 0. The molecule has 2 heterocycles. The number of carbonyl (C=O) groups is 3. The van der Waals surface area contributed by atoms with Crippen LogP contribution in [0.3, 0.4) is 0 Å². The Hall–Kier alpha value is -2.57. The van der Waals surface area contributed by atoms with Gasteiger partial charge in [0.25, 0.3) is 0 Å². The maximum Gasteiger partial charge on any atom is 0.331 e. The van der Waals surface area contributed by atoms with Gasteiger partial charge in [-0.15, -0.1) is 0 Å². The predicted octanol–water partition coefficient (Wildman–Crippen LogP) is 1.67. The minimum absolute atomic E-state index is 0.0822. The van der Waals surface area contributed by atoms with Crippen LogP contribution < -0.4 is 5.32 Å². The maximum absolute atomic E-state index is 12.8. The molecule has 4 atom stereocenters. The van der Waals surface area contributed by atoms with Crippen molar-refractivity contribution in [3.8, 4) is 0 Å². The van der Waals surface area contributed by atoms with Crippen LogP contribution in [0.5, 0.6) is 0 Å². The molecule has 7 heteroatoms. The van der Waals surface area contributed by atoms with E-state index in [4.69, 9.17) is 0 Å². The van der Waals surface area contributed by atoms with E-state index in [1.165, 1.54) is 17.5 Å². The van der Waals surface area contributed by atoms with E-state index in [1.807, 2.05) is 0 Å². The van der Waals surface area contributed by atoms with Gasteiger partial charge < -0.3 is 0 Å².